The fourth-order valence-corrected chi connectivity index (χ4v) is 1.80. The normalized spacial score (nSPS) is 11.4. The highest BCUT2D eigenvalue weighted by Gasteiger charge is 2.31. The smallest absolute Gasteiger partial charge is 0.237 e. The molecule has 88 valence electrons. The van der Waals surface area contributed by atoms with Gasteiger partial charge in [-0.1, -0.05) is 44.2 Å². The van der Waals surface area contributed by atoms with Crippen LogP contribution in [-0.2, 0) is 11.3 Å². The molecule has 0 radical (unpaired) electrons. The molecule has 1 aromatic rings. The van der Waals surface area contributed by atoms with Gasteiger partial charge in [-0.15, -0.1) is 0 Å². The van der Waals surface area contributed by atoms with Crippen LogP contribution in [0.1, 0.15) is 32.3 Å². The standard InChI is InChI=1S/C13H20N2O/c1-3-13(4-2,12(14)16)15-10-11-8-6-5-7-9-11/h5-9,15H,3-4,10H2,1-2H3,(H2,14,16). The highest BCUT2D eigenvalue weighted by molar-refractivity contribution is 5.84. The van der Waals surface area contributed by atoms with Crippen LogP contribution >= 0.6 is 0 Å². The summed E-state index contributed by atoms with van der Waals surface area (Å²) in [6.07, 6.45) is 1.43. The molecule has 0 aliphatic rings. The van der Waals surface area contributed by atoms with Crippen LogP contribution in [0.4, 0.5) is 0 Å². The molecular formula is C13H20N2O. The Kier molecular flexibility index (Phi) is 4.50. The van der Waals surface area contributed by atoms with Crippen molar-refractivity contribution in [2.45, 2.75) is 38.8 Å². The predicted octanol–water partition coefficient (Wildman–Crippen LogP) is 1.82. The quantitative estimate of drug-likeness (QED) is 0.768. The van der Waals surface area contributed by atoms with Crippen LogP contribution < -0.4 is 11.1 Å². The van der Waals surface area contributed by atoms with Crippen molar-refractivity contribution < 1.29 is 4.79 Å². The molecule has 0 unspecified atom stereocenters. The van der Waals surface area contributed by atoms with Crippen molar-refractivity contribution in [1.82, 2.24) is 5.32 Å². The Morgan fingerprint density at radius 1 is 1.25 bits per heavy atom. The SMILES string of the molecule is CCC(CC)(NCc1ccccc1)C(N)=O. The monoisotopic (exact) mass is 220 g/mol. The predicted molar refractivity (Wildman–Crippen MR) is 65.8 cm³/mol. The molecule has 3 N–H and O–H groups in total. The van der Waals surface area contributed by atoms with Crippen LogP contribution in [0.3, 0.4) is 0 Å². The molecule has 16 heavy (non-hydrogen) atoms. The first-order valence-electron chi connectivity index (χ1n) is 5.73. The van der Waals surface area contributed by atoms with Crippen molar-refractivity contribution in [2.75, 3.05) is 0 Å². The highest BCUT2D eigenvalue weighted by Crippen LogP contribution is 2.15. The second kappa shape index (κ2) is 5.66. The molecule has 3 nitrogen and oxygen atoms in total. The summed E-state index contributed by atoms with van der Waals surface area (Å²) in [6, 6.07) is 10.0. The van der Waals surface area contributed by atoms with Gasteiger partial charge in [-0.05, 0) is 18.4 Å². The first kappa shape index (κ1) is 12.7. The van der Waals surface area contributed by atoms with Crippen LogP contribution in [-0.4, -0.2) is 11.4 Å². The van der Waals surface area contributed by atoms with Crippen molar-refractivity contribution in [1.29, 1.82) is 0 Å². The molecule has 0 atom stereocenters. The summed E-state index contributed by atoms with van der Waals surface area (Å²) in [4.78, 5) is 11.5. The van der Waals surface area contributed by atoms with Crippen LogP contribution in [0.5, 0.6) is 0 Å². The summed E-state index contributed by atoms with van der Waals surface area (Å²) in [5.41, 5.74) is 6.04. The van der Waals surface area contributed by atoms with Gasteiger partial charge >= 0.3 is 0 Å². The van der Waals surface area contributed by atoms with E-state index in [4.69, 9.17) is 5.73 Å². The number of benzene rings is 1. The van der Waals surface area contributed by atoms with Crippen LogP contribution in [0.25, 0.3) is 0 Å². The van der Waals surface area contributed by atoms with E-state index in [1.54, 1.807) is 0 Å². The molecule has 0 aliphatic carbocycles. The summed E-state index contributed by atoms with van der Waals surface area (Å²) in [5, 5.41) is 3.27. The minimum Gasteiger partial charge on any atom is -0.368 e. The van der Waals surface area contributed by atoms with E-state index < -0.39 is 5.54 Å². The lowest BCUT2D eigenvalue weighted by atomic mass is 9.91. The van der Waals surface area contributed by atoms with Crippen LogP contribution in [0.2, 0.25) is 0 Å². The van der Waals surface area contributed by atoms with E-state index in [0.717, 1.165) is 5.56 Å². The average Bonchev–Trinajstić information content (AvgIpc) is 2.32. The van der Waals surface area contributed by atoms with E-state index >= 15 is 0 Å². The van der Waals surface area contributed by atoms with Gasteiger partial charge in [-0.3, -0.25) is 10.1 Å². The molecule has 0 heterocycles. The number of carbonyl (C=O) groups is 1. The van der Waals surface area contributed by atoms with Crippen molar-refractivity contribution in [3.8, 4) is 0 Å². The van der Waals surface area contributed by atoms with Gasteiger partial charge in [0.2, 0.25) is 5.91 Å². The molecule has 0 fully saturated rings. The maximum absolute atomic E-state index is 11.5. The number of nitrogens with two attached hydrogens (primary N) is 1. The van der Waals surface area contributed by atoms with Gasteiger partial charge in [0.1, 0.15) is 0 Å². The van der Waals surface area contributed by atoms with Crippen LogP contribution in [0, 0.1) is 0 Å². The van der Waals surface area contributed by atoms with Crippen LogP contribution in [0.15, 0.2) is 30.3 Å². The fraction of sp³-hybridized carbons (Fsp3) is 0.462. The fourth-order valence-electron chi connectivity index (χ4n) is 1.80. The molecule has 0 spiro atoms. The first-order valence-corrected chi connectivity index (χ1v) is 5.73. The average molecular weight is 220 g/mol. The number of primary amides is 1. The second-order valence-corrected chi connectivity index (χ2v) is 3.99. The molecule has 0 bridgehead atoms. The maximum atomic E-state index is 11.5. The Labute approximate surface area is 97.0 Å². The summed E-state index contributed by atoms with van der Waals surface area (Å²) >= 11 is 0. The van der Waals surface area contributed by atoms with E-state index in [1.807, 2.05) is 44.2 Å². The summed E-state index contributed by atoms with van der Waals surface area (Å²) in [6.45, 7) is 4.63. The molecule has 0 aromatic heterocycles. The largest absolute Gasteiger partial charge is 0.368 e. The van der Waals surface area contributed by atoms with Gasteiger partial charge in [0.25, 0.3) is 0 Å². The van der Waals surface area contributed by atoms with E-state index in [2.05, 4.69) is 5.32 Å². The lowest BCUT2D eigenvalue weighted by Crippen LogP contribution is -2.54. The second-order valence-electron chi connectivity index (χ2n) is 3.99. The van der Waals surface area contributed by atoms with Crippen molar-refractivity contribution >= 4 is 5.91 Å². The van der Waals surface area contributed by atoms with Gasteiger partial charge in [-0.25, -0.2) is 0 Å². The molecule has 3 heteroatoms. The maximum Gasteiger partial charge on any atom is 0.237 e. The summed E-state index contributed by atoms with van der Waals surface area (Å²) in [5.74, 6) is -0.270. The Balaban J connectivity index is 2.67. The number of hydrogen-bond acceptors (Lipinski definition) is 2. The number of hydrogen-bond donors (Lipinski definition) is 2. The van der Waals surface area contributed by atoms with Gasteiger partial charge in [0, 0.05) is 6.54 Å². The Morgan fingerprint density at radius 3 is 2.25 bits per heavy atom. The number of carbonyl (C=O) groups excluding carboxylic acids is 1. The molecule has 1 rings (SSSR count). The Bertz CT molecular complexity index is 331. The zero-order valence-corrected chi connectivity index (χ0v) is 9.99. The summed E-state index contributed by atoms with van der Waals surface area (Å²) in [7, 11) is 0. The van der Waals surface area contributed by atoms with E-state index in [-0.39, 0.29) is 5.91 Å². The summed E-state index contributed by atoms with van der Waals surface area (Å²) < 4.78 is 0. The minimum absolute atomic E-state index is 0.270. The van der Waals surface area contributed by atoms with Gasteiger partial charge in [0.05, 0.1) is 5.54 Å². The topological polar surface area (TPSA) is 55.1 Å². The van der Waals surface area contributed by atoms with E-state index in [0.29, 0.717) is 19.4 Å². The molecular weight excluding hydrogens is 200 g/mol. The zero-order valence-electron chi connectivity index (χ0n) is 9.99. The Hall–Kier alpha value is -1.35. The lowest BCUT2D eigenvalue weighted by molar-refractivity contribution is -0.124. The van der Waals surface area contributed by atoms with Gasteiger partial charge < -0.3 is 5.73 Å². The lowest BCUT2D eigenvalue weighted by Gasteiger charge is -2.29. The zero-order chi connectivity index (χ0) is 12.0. The highest BCUT2D eigenvalue weighted by atomic mass is 16.1. The van der Waals surface area contributed by atoms with Gasteiger partial charge in [0.15, 0.2) is 0 Å². The third kappa shape index (κ3) is 2.83. The van der Waals surface area contributed by atoms with Crippen molar-refractivity contribution in [2.24, 2.45) is 5.73 Å². The van der Waals surface area contributed by atoms with E-state index in [1.165, 1.54) is 0 Å². The third-order valence-electron chi connectivity index (χ3n) is 3.15. The molecule has 1 amide bonds. The molecule has 1 aromatic carbocycles. The third-order valence-corrected chi connectivity index (χ3v) is 3.15. The first-order chi connectivity index (χ1) is 7.64. The van der Waals surface area contributed by atoms with Crippen molar-refractivity contribution in [3.05, 3.63) is 35.9 Å². The molecule has 0 saturated carbocycles. The van der Waals surface area contributed by atoms with E-state index in [9.17, 15) is 4.79 Å². The number of amides is 1. The van der Waals surface area contributed by atoms with Crippen molar-refractivity contribution in [3.63, 3.8) is 0 Å². The van der Waals surface area contributed by atoms with Gasteiger partial charge in [-0.2, -0.15) is 0 Å². The number of nitrogens with one attached hydrogen (secondary N) is 1. The molecule has 0 aliphatic heterocycles. The minimum atomic E-state index is -0.574. The number of rotatable bonds is 6. The molecule has 0 saturated heterocycles. The Morgan fingerprint density at radius 2 is 1.81 bits per heavy atom.